The Labute approximate surface area is 173 Å². The molecule has 0 spiro atoms. The average Bonchev–Trinajstić information content (AvgIpc) is 2.72. The minimum absolute atomic E-state index is 0.0115. The van der Waals surface area contributed by atoms with Crippen molar-refractivity contribution in [3.63, 3.8) is 0 Å². The topological polar surface area (TPSA) is 9.23 Å². The first kappa shape index (κ1) is 21.9. The molecule has 0 radical (unpaired) electrons. The lowest BCUT2D eigenvalue weighted by Gasteiger charge is -2.44. The third kappa shape index (κ3) is 4.96. The van der Waals surface area contributed by atoms with Crippen LogP contribution in [-0.4, -0.2) is 37.4 Å². The van der Waals surface area contributed by atoms with E-state index in [4.69, 9.17) is 4.74 Å². The monoisotopic (exact) mass is 418 g/mol. The van der Waals surface area contributed by atoms with Gasteiger partial charge in [0.1, 0.15) is 18.5 Å². The van der Waals surface area contributed by atoms with E-state index in [1.807, 2.05) is 0 Å². The van der Waals surface area contributed by atoms with Crippen LogP contribution in [0.3, 0.4) is 0 Å². The van der Waals surface area contributed by atoms with Crippen LogP contribution >= 0.6 is 0 Å². The van der Waals surface area contributed by atoms with Gasteiger partial charge in [-0.2, -0.15) is 0 Å². The minimum atomic E-state index is -2.02. The van der Waals surface area contributed by atoms with Gasteiger partial charge in [0, 0.05) is 6.61 Å². The van der Waals surface area contributed by atoms with Crippen molar-refractivity contribution in [3.05, 3.63) is 0 Å². The van der Waals surface area contributed by atoms with Crippen molar-refractivity contribution >= 4 is 0 Å². The fourth-order valence-electron chi connectivity index (χ4n) is 6.90. The molecule has 7 atom stereocenters. The standard InChI is InChI=1S/C24H38F4O/c1-14-2-9-23(29-13-14)16-5-3-15(4-6-16)17-7-8-19(20(25)10-17)18-11-21(26)24(28)22(27)12-18/h14-24H,2-13H2,1H3. The number of halogens is 4. The quantitative estimate of drug-likeness (QED) is 0.459. The molecule has 0 amide bonds. The molecule has 29 heavy (non-hydrogen) atoms. The second-order valence-corrected chi connectivity index (χ2v) is 10.7. The zero-order valence-electron chi connectivity index (χ0n) is 17.8. The van der Waals surface area contributed by atoms with Crippen molar-refractivity contribution in [2.45, 2.75) is 108 Å². The Kier molecular flexibility index (Phi) is 7.13. The summed E-state index contributed by atoms with van der Waals surface area (Å²) in [5, 5.41) is 0. The van der Waals surface area contributed by atoms with Crippen molar-refractivity contribution in [1.29, 1.82) is 0 Å². The molecule has 0 aromatic heterocycles. The summed E-state index contributed by atoms with van der Waals surface area (Å²) in [6.07, 6.45) is 3.19. The van der Waals surface area contributed by atoms with Gasteiger partial charge in [0.05, 0.1) is 6.10 Å². The lowest BCUT2D eigenvalue weighted by Crippen LogP contribution is -2.43. The number of hydrogen-bond acceptors (Lipinski definition) is 1. The molecule has 1 heterocycles. The summed E-state index contributed by atoms with van der Waals surface area (Å²) in [5.41, 5.74) is 0. The first-order valence-electron chi connectivity index (χ1n) is 12.1. The van der Waals surface area contributed by atoms with Crippen LogP contribution in [0.2, 0.25) is 0 Å². The Bertz CT molecular complexity index is 503. The van der Waals surface area contributed by atoms with Crippen LogP contribution in [0.1, 0.15) is 77.6 Å². The Balaban J connectivity index is 1.24. The predicted molar refractivity (Wildman–Crippen MR) is 107 cm³/mol. The highest BCUT2D eigenvalue weighted by Gasteiger charge is 2.46. The second kappa shape index (κ2) is 9.44. The molecule has 1 nitrogen and oxygen atoms in total. The summed E-state index contributed by atoms with van der Waals surface area (Å²) in [6, 6.07) is 0. The molecule has 1 aliphatic heterocycles. The van der Waals surface area contributed by atoms with Crippen LogP contribution < -0.4 is 0 Å². The lowest BCUT2D eigenvalue weighted by molar-refractivity contribution is -0.0599. The molecule has 3 saturated carbocycles. The van der Waals surface area contributed by atoms with Crippen LogP contribution in [-0.2, 0) is 4.74 Å². The van der Waals surface area contributed by atoms with Gasteiger partial charge in [-0.3, -0.25) is 0 Å². The van der Waals surface area contributed by atoms with Gasteiger partial charge in [0.2, 0.25) is 0 Å². The van der Waals surface area contributed by atoms with Crippen LogP contribution in [0.25, 0.3) is 0 Å². The number of ether oxygens (including phenoxy) is 1. The number of rotatable bonds is 3. The van der Waals surface area contributed by atoms with Crippen LogP contribution in [0.5, 0.6) is 0 Å². The first-order valence-corrected chi connectivity index (χ1v) is 12.1. The second-order valence-electron chi connectivity index (χ2n) is 10.7. The van der Waals surface area contributed by atoms with Crippen molar-refractivity contribution in [1.82, 2.24) is 0 Å². The fraction of sp³-hybridized carbons (Fsp3) is 1.00. The molecule has 0 aromatic carbocycles. The Morgan fingerprint density at radius 3 is 1.76 bits per heavy atom. The van der Waals surface area contributed by atoms with E-state index in [0.29, 0.717) is 42.6 Å². The molecule has 3 aliphatic carbocycles. The van der Waals surface area contributed by atoms with Gasteiger partial charge < -0.3 is 4.74 Å². The first-order chi connectivity index (χ1) is 13.9. The van der Waals surface area contributed by atoms with E-state index in [-0.39, 0.29) is 24.7 Å². The Morgan fingerprint density at radius 1 is 0.586 bits per heavy atom. The van der Waals surface area contributed by atoms with E-state index in [1.165, 1.54) is 25.7 Å². The van der Waals surface area contributed by atoms with Gasteiger partial charge in [0.25, 0.3) is 0 Å². The molecule has 4 rings (SSSR count). The molecule has 4 fully saturated rings. The predicted octanol–water partition coefficient (Wildman–Crippen LogP) is 6.79. The van der Waals surface area contributed by atoms with E-state index in [1.54, 1.807) is 0 Å². The summed E-state index contributed by atoms with van der Waals surface area (Å²) in [4.78, 5) is 0. The highest BCUT2D eigenvalue weighted by Crippen LogP contribution is 2.48. The molecule has 168 valence electrons. The van der Waals surface area contributed by atoms with E-state index in [0.717, 1.165) is 25.9 Å². The van der Waals surface area contributed by atoms with Crippen molar-refractivity contribution in [3.8, 4) is 0 Å². The largest absolute Gasteiger partial charge is 0.378 e. The zero-order valence-corrected chi connectivity index (χ0v) is 17.8. The van der Waals surface area contributed by atoms with Crippen molar-refractivity contribution in [2.75, 3.05) is 6.61 Å². The van der Waals surface area contributed by atoms with Gasteiger partial charge in [-0.05, 0) is 106 Å². The molecule has 7 unspecified atom stereocenters. The van der Waals surface area contributed by atoms with E-state index < -0.39 is 24.7 Å². The average molecular weight is 419 g/mol. The third-order valence-corrected chi connectivity index (χ3v) is 8.76. The smallest absolute Gasteiger partial charge is 0.162 e. The normalized spacial score (nSPS) is 52.2. The van der Waals surface area contributed by atoms with Crippen LogP contribution in [0.4, 0.5) is 17.6 Å². The number of hydrogen-bond donors (Lipinski definition) is 0. The Hall–Kier alpha value is -0.320. The van der Waals surface area contributed by atoms with Crippen LogP contribution in [0.15, 0.2) is 0 Å². The molecule has 5 heteroatoms. The minimum Gasteiger partial charge on any atom is -0.378 e. The van der Waals surface area contributed by atoms with Gasteiger partial charge in [0.15, 0.2) is 6.17 Å². The molecule has 0 N–H and O–H groups in total. The molecular formula is C24H38F4O. The van der Waals surface area contributed by atoms with Crippen molar-refractivity contribution in [2.24, 2.45) is 35.5 Å². The van der Waals surface area contributed by atoms with Gasteiger partial charge in [-0.15, -0.1) is 0 Å². The van der Waals surface area contributed by atoms with Crippen molar-refractivity contribution < 1.29 is 22.3 Å². The summed E-state index contributed by atoms with van der Waals surface area (Å²) in [5.74, 6) is 1.69. The van der Waals surface area contributed by atoms with Gasteiger partial charge >= 0.3 is 0 Å². The zero-order chi connectivity index (χ0) is 20.5. The Morgan fingerprint density at radius 2 is 1.17 bits per heavy atom. The van der Waals surface area contributed by atoms with Crippen LogP contribution in [0, 0.1) is 35.5 Å². The SMILES string of the molecule is CC1CCC(C2CCC(C3CCC(C4CC(F)C(F)C(F)C4)C(F)C3)CC2)OC1. The fourth-order valence-corrected chi connectivity index (χ4v) is 6.90. The summed E-state index contributed by atoms with van der Waals surface area (Å²) < 4.78 is 62.1. The van der Waals surface area contributed by atoms with Gasteiger partial charge in [-0.1, -0.05) is 6.92 Å². The summed E-state index contributed by atoms with van der Waals surface area (Å²) >= 11 is 0. The molecule has 1 saturated heterocycles. The maximum Gasteiger partial charge on any atom is 0.162 e. The highest BCUT2D eigenvalue weighted by molar-refractivity contribution is 4.95. The molecule has 4 aliphatic rings. The van der Waals surface area contributed by atoms with E-state index in [2.05, 4.69) is 6.92 Å². The highest BCUT2D eigenvalue weighted by atomic mass is 19.2. The number of alkyl halides is 4. The van der Waals surface area contributed by atoms with E-state index in [9.17, 15) is 13.2 Å². The molecule has 0 bridgehead atoms. The molecular weight excluding hydrogens is 380 g/mol. The third-order valence-electron chi connectivity index (χ3n) is 8.76. The van der Waals surface area contributed by atoms with Gasteiger partial charge in [-0.25, -0.2) is 17.6 Å². The van der Waals surface area contributed by atoms with E-state index >= 15 is 4.39 Å². The molecule has 0 aromatic rings. The lowest BCUT2D eigenvalue weighted by atomic mass is 9.64. The summed E-state index contributed by atoms with van der Waals surface area (Å²) in [6.45, 7) is 3.14. The maximum atomic E-state index is 15.0. The summed E-state index contributed by atoms with van der Waals surface area (Å²) in [7, 11) is 0. The maximum absolute atomic E-state index is 15.0.